The Labute approximate surface area is 197 Å². The van der Waals surface area contributed by atoms with Gasteiger partial charge in [-0.05, 0) is 49.6 Å². The number of hydrogen-bond donors (Lipinski definition) is 2. The molecule has 3 heterocycles. The molecule has 1 atom stereocenters. The van der Waals surface area contributed by atoms with E-state index in [1.165, 1.54) is 12.7 Å². The minimum Gasteiger partial charge on any atom is -0.383 e. The number of pyridine rings is 1. The molecule has 0 aliphatic heterocycles. The lowest BCUT2D eigenvalue weighted by molar-refractivity contribution is 0.253. The summed E-state index contributed by atoms with van der Waals surface area (Å²) in [6.07, 6.45) is 6.03. The van der Waals surface area contributed by atoms with Crippen molar-refractivity contribution in [1.82, 2.24) is 24.3 Å². The van der Waals surface area contributed by atoms with Gasteiger partial charge in [-0.1, -0.05) is 43.4 Å². The number of nitrogens with two attached hydrogens (primary N) is 1. The van der Waals surface area contributed by atoms with Crippen molar-refractivity contribution in [2.24, 2.45) is 0 Å². The molecule has 1 aliphatic rings. The van der Waals surface area contributed by atoms with Crippen LogP contribution in [0.5, 0.6) is 0 Å². The third-order valence-corrected chi connectivity index (χ3v) is 6.58. The molecule has 1 saturated carbocycles. The predicted molar refractivity (Wildman–Crippen MR) is 132 cm³/mol. The minimum absolute atomic E-state index is 0.0530. The van der Waals surface area contributed by atoms with E-state index in [0.29, 0.717) is 23.3 Å². The van der Waals surface area contributed by atoms with Gasteiger partial charge in [-0.2, -0.15) is 5.10 Å². The molecule has 0 spiro atoms. The van der Waals surface area contributed by atoms with Gasteiger partial charge in [-0.15, -0.1) is 0 Å². The number of rotatable bonds is 3. The van der Waals surface area contributed by atoms with Crippen LogP contribution in [0.1, 0.15) is 62.0 Å². The number of benzene rings is 1. The Bertz CT molecular complexity index is 1500. The van der Waals surface area contributed by atoms with Crippen LogP contribution in [0, 0.1) is 18.8 Å². The van der Waals surface area contributed by atoms with Crippen LogP contribution >= 0.6 is 0 Å². The van der Waals surface area contributed by atoms with Crippen LogP contribution in [-0.4, -0.2) is 35.5 Å². The number of anilines is 1. The minimum atomic E-state index is -0.800. The average molecular weight is 457 g/mol. The summed E-state index contributed by atoms with van der Waals surface area (Å²) in [6.45, 7) is 3.92. The quantitative estimate of drug-likeness (QED) is 0.458. The standard InChI is InChI=1S/C26H28N6O2/c1-16-7-6-8-18-13-20(32(26(34)22(16)18)19-9-4-3-5-10-19)14-31-25-23(24(27)28-15-29-25)21(30-31)12-11-17(2)33/h6-8,13,15,17,19,33H,3-5,9-10,14H2,1-2H3,(H2,27,28,29)/t17-/m1/s1. The van der Waals surface area contributed by atoms with Crippen LogP contribution in [0.2, 0.25) is 0 Å². The van der Waals surface area contributed by atoms with E-state index in [2.05, 4.69) is 33.0 Å². The van der Waals surface area contributed by atoms with Crippen molar-refractivity contribution in [1.29, 1.82) is 0 Å². The summed E-state index contributed by atoms with van der Waals surface area (Å²) < 4.78 is 3.71. The molecule has 174 valence electrons. The second-order valence-corrected chi connectivity index (χ2v) is 9.05. The lowest BCUT2D eigenvalue weighted by Crippen LogP contribution is -2.30. The average Bonchev–Trinajstić information content (AvgIpc) is 3.17. The number of fused-ring (bicyclic) bond motifs is 2. The van der Waals surface area contributed by atoms with Gasteiger partial charge < -0.3 is 15.4 Å². The van der Waals surface area contributed by atoms with E-state index in [0.717, 1.165) is 47.7 Å². The van der Waals surface area contributed by atoms with Crippen molar-refractivity contribution < 1.29 is 5.11 Å². The first-order chi connectivity index (χ1) is 16.4. The SMILES string of the molecule is Cc1cccc2cc(Cn3nc(C#C[C@@H](C)O)c4c(N)ncnc43)n(C3CCCCC3)c(=O)c12. The van der Waals surface area contributed by atoms with Crippen LogP contribution in [0.15, 0.2) is 35.4 Å². The molecule has 1 aliphatic carbocycles. The second-order valence-electron chi connectivity index (χ2n) is 9.05. The third kappa shape index (κ3) is 3.93. The fourth-order valence-electron chi connectivity index (χ4n) is 5.02. The van der Waals surface area contributed by atoms with Gasteiger partial charge >= 0.3 is 0 Å². The number of aliphatic hydroxyl groups is 1. The highest BCUT2D eigenvalue weighted by Crippen LogP contribution is 2.30. The molecule has 0 saturated heterocycles. The fourth-order valence-corrected chi connectivity index (χ4v) is 5.02. The van der Waals surface area contributed by atoms with Crippen molar-refractivity contribution in [2.45, 2.75) is 64.6 Å². The van der Waals surface area contributed by atoms with E-state index in [9.17, 15) is 9.90 Å². The number of aryl methyl sites for hydroxylation is 1. The van der Waals surface area contributed by atoms with Gasteiger partial charge in [0.05, 0.1) is 17.3 Å². The zero-order valence-electron chi connectivity index (χ0n) is 19.5. The van der Waals surface area contributed by atoms with Gasteiger partial charge in [-0.25, -0.2) is 14.6 Å². The van der Waals surface area contributed by atoms with Crippen molar-refractivity contribution >= 4 is 27.6 Å². The van der Waals surface area contributed by atoms with Gasteiger partial charge in [0.25, 0.3) is 5.56 Å². The molecule has 1 fully saturated rings. The fraction of sp³-hybridized carbons (Fsp3) is 0.385. The van der Waals surface area contributed by atoms with Crippen molar-refractivity contribution in [2.75, 3.05) is 5.73 Å². The molecule has 8 nitrogen and oxygen atoms in total. The molecule has 0 bridgehead atoms. The monoisotopic (exact) mass is 456 g/mol. The molecular formula is C26H28N6O2. The van der Waals surface area contributed by atoms with E-state index in [4.69, 9.17) is 5.73 Å². The molecule has 8 heteroatoms. The van der Waals surface area contributed by atoms with E-state index >= 15 is 0 Å². The zero-order valence-corrected chi connectivity index (χ0v) is 19.5. The smallest absolute Gasteiger partial charge is 0.259 e. The molecule has 3 N–H and O–H groups in total. The molecule has 0 amide bonds. The summed E-state index contributed by atoms with van der Waals surface area (Å²) in [7, 11) is 0. The van der Waals surface area contributed by atoms with E-state index < -0.39 is 6.10 Å². The van der Waals surface area contributed by atoms with Crippen LogP contribution in [0.4, 0.5) is 5.82 Å². The number of nitrogen functional groups attached to an aromatic ring is 1. The first-order valence-electron chi connectivity index (χ1n) is 11.7. The Morgan fingerprint density at radius 2 is 2.00 bits per heavy atom. The molecule has 34 heavy (non-hydrogen) atoms. The maximum absolute atomic E-state index is 13.8. The van der Waals surface area contributed by atoms with Gasteiger partial charge in [0.1, 0.15) is 23.9 Å². The summed E-state index contributed by atoms with van der Waals surface area (Å²) >= 11 is 0. The summed E-state index contributed by atoms with van der Waals surface area (Å²) in [4.78, 5) is 22.3. The molecule has 4 aromatic rings. The lowest BCUT2D eigenvalue weighted by atomic mass is 9.94. The second kappa shape index (κ2) is 8.92. The van der Waals surface area contributed by atoms with E-state index in [1.807, 2.05) is 29.7 Å². The zero-order chi connectivity index (χ0) is 23.8. The van der Waals surface area contributed by atoms with Gasteiger partial charge in [0, 0.05) is 11.7 Å². The third-order valence-electron chi connectivity index (χ3n) is 6.58. The Morgan fingerprint density at radius 3 is 2.76 bits per heavy atom. The first-order valence-corrected chi connectivity index (χ1v) is 11.7. The molecule has 0 radical (unpaired) electrons. The molecule has 0 unspecified atom stereocenters. The number of aliphatic hydroxyl groups excluding tert-OH is 1. The van der Waals surface area contributed by atoms with Gasteiger partial charge in [-0.3, -0.25) is 4.79 Å². The largest absolute Gasteiger partial charge is 0.383 e. The normalized spacial score (nSPS) is 15.4. The summed E-state index contributed by atoms with van der Waals surface area (Å²) in [5.41, 5.74) is 9.03. The van der Waals surface area contributed by atoms with Crippen molar-refractivity contribution in [3.63, 3.8) is 0 Å². The predicted octanol–water partition coefficient (Wildman–Crippen LogP) is 3.32. The van der Waals surface area contributed by atoms with Crippen LogP contribution in [-0.2, 0) is 6.54 Å². The highest BCUT2D eigenvalue weighted by Gasteiger charge is 2.23. The Hall–Kier alpha value is -3.70. The first kappa shape index (κ1) is 22.1. The molecule has 1 aromatic carbocycles. The Morgan fingerprint density at radius 1 is 1.21 bits per heavy atom. The molecular weight excluding hydrogens is 428 g/mol. The summed E-state index contributed by atoms with van der Waals surface area (Å²) in [5, 5.41) is 16.5. The molecule has 5 rings (SSSR count). The van der Waals surface area contributed by atoms with Gasteiger partial charge in [0.15, 0.2) is 5.65 Å². The Balaban J connectivity index is 1.71. The highest BCUT2D eigenvalue weighted by molar-refractivity contribution is 5.90. The van der Waals surface area contributed by atoms with E-state index in [1.54, 1.807) is 11.6 Å². The highest BCUT2D eigenvalue weighted by atomic mass is 16.3. The van der Waals surface area contributed by atoms with Crippen molar-refractivity contribution in [3.8, 4) is 11.8 Å². The molecule has 3 aromatic heterocycles. The van der Waals surface area contributed by atoms with Gasteiger partial charge in [0.2, 0.25) is 0 Å². The maximum atomic E-state index is 13.8. The number of hydrogen-bond acceptors (Lipinski definition) is 6. The number of nitrogens with zero attached hydrogens (tertiary/aromatic N) is 5. The number of aromatic nitrogens is 5. The Kier molecular flexibility index (Phi) is 5.80. The van der Waals surface area contributed by atoms with Crippen LogP contribution in [0.25, 0.3) is 21.8 Å². The maximum Gasteiger partial charge on any atom is 0.259 e. The summed E-state index contributed by atoms with van der Waals surface area (Å²) in [5.74, 6) is 5.91. The van der Waals surface area contributed by atoms with Crippen LogP contribution in [0.3, 0.4) is 0 Å². The summed E-state index contributed by atoms with van der Waals surface area (Å²) in [6, 6.07) is 8.21. The van der Waals surface area contributed by atoms with Crippen molar-refractivity contribution in [3.05, 3.63) is 57.9 Å². The topological polar surface area (TPSA) is 112 Å². The lowest BCUT2D eigenvalue weighted by Gasteiger charge is -2.27. The van der Waals surface area contributed by atoms with E-state index in [-0.39, 0.29) is 17.4 Å². The van der Waals surface area contributed by atoms with Crippen LogP contribution < -0.4 is 11.3 Å².